The van der Waals surface area contributed by atoms with Crippen LogP contribution in [0.15, 0.2) is 47.4 Å². The van der Waals surface area contributed by atoms with Crippen molar-refractivity contribution in [2.24, 2.45) is 5.73 Å². The summed E-state index contributed by atoms with van der Waals surface area (Å²) in [6.07, 6.45) is 4.75. The molecule has 3 heterocycles. The predicted octanol–water partition coefficient (Wildman–Crippen LogP) is 3.28. The molecule has 0 spiro atoms. The van der Waals surface area contributed by atoms with Crippen LogP contribution in [0.25, 0.3) is 33.2 Å². The van der Waals surface area contributed by atoms with Gasteiger partial charge in [0.05, 0.1) is 11.0 Å². The summed E-state index contributed by atoms with van der Waals surface area (Å²) < 4.78 is 2.18. The minimum absolute atomic E-state index is 0.00692. The van der Waals surface area contributed by atoms with E-state index in [0.717, 1.165) is 66.0 Å². The summed E-state index contributed by atoms with van der Waals surface area (Å²) in [5.41, 5.74) is 11.1. The van der Waals surface area contributed by atoms with Crippen LogP contribution in [0.5, 0.6) is 0 Å². The number of hydrogen-bond acceptors (Lipinski definition) is 5. The molecule has 5 rings (SSSR count). The highest BCUT2D eigenvalue weighted by molar-refractivity contribution is 5.98. The van der Waals surface area contributed by atoms with Gasteiger partial charge in [0.15, 0.2) is 0 Å². The van der Waals surface area contributed by atoms with Crippen LogP contribution in [0, 0.1) is 0 Å². The van der Waals surface area contributed by atoms with Gasteiger partial charge in [-0.1, -0.05) is 18.2 Å². The van der Waals surface area contributed by atoms with Gasteiger partial charge in [0, 0.05) is 55.3 Å². The number of carbonyl (C=O) groups excluding carboxylic acids is 1. The molecule has 35 heavy (non-hydrogen) atoms. The molecule has 1 amide bonds. The molecular formula is C26H29N5O4. The number of aromatic amines is 1. The fraction of sp³-hybridized carbons (Fsp3) is 0.308. The number of unbranched alkanes of at least 4 members (excludes halogenated alkanes) is 1. The van der Waals surface area contributed by atoms with E-state index in [2.05, 4.69) is 15.6 Å². The highest BCUT2D eigenvalue weighted by Crippen LogP contribution is 2.33. The van der Waals surface area contributed by atoms with E-state index in [9.17, 15) is 9.59 Å². The maximum Gasteiger partial charge on any atom is 0.300 e. The minimum Gasteiger partial charge on any atom is -0.481 e. The molecule has 9 heteroatoms. The van der Waals surface area contributed by atoms with Crippen molar-refractivity contribution in [2.45, 2.75) is 39.7 Å². The molecule has 0 saturated carbocycles. The Bertz CT molecular complexity index is 1470. The standard InChI is InChI=1S/C24H25N5O2.C2H4O2/c1-15(30)29-11-8-16-12-19-20(13-22(16)29)27-24(31)23(26-19)18-14-28(10-5-4-9-25)21-7-3-2-6-17(18)21;1-2(3)4/h2-3,6-7,12-14H,4-5,8-11,25H2,1H3,(H,27,31);1H3,(H,3,4). The van der Waals surface area contributed by atoms with Crippen LogP contribution >= 0.6 is 0 Å². The Labute approximate surface area is 202 Å². The SMILES string of the molecule is CC(=O)N1CCc2cc3nc(-c4cn(CCCCN)c5ccccc45)c(=O)[nH]c3cc21.CC(=O)O. The lowest BCUT2D eigenvalue weighted by molar-refractivity contribution is -0.134. The van der Waals surface area contributed by atoms with Gasteiger partial charge in [0.1, 0.15) is 5.69 Å². The zero-order valence-corrected chi connectivity index (χ0v) is 19.9. The molecule has 1 aliphatic rings. The third-order valence-electron chi connectivity index (χ3n) is 6.06. The van der Waals surface area contributed by atoms with E-state index in [1.165, 1.54) is 0 Å². The lowest BCUT2D eigenvalue weighted by Crippen LogP contribution is -2.25. The van der Waals surface area contributed by atoms with E-state index in [-0.39, 0.29) is 11.5 Å². The monoisotopic (exact) mass is 475 g/mol. The lowest BCUT2D eigenvalue weighted by Gasteiger charge is -2.15. The number of fused-ring (bicyclic) bond motifs is 3. The van der Waals surface area contributed by atoms with Gasteiger partial charge in [-0.3, -0.25) is 14.4 Å². The summed E-state index contributed by atoms with van der Waals surface area (Å²) >= 11 is 0. The number of carbonyl (C=O) groups is 2. The van der Waals surface area contributed by atoms with E-state index >= 15 is 0 Å². The van der Waals surface area contributed by atoms with Crippen LogP contribution in [0.2, 0.25) is 0 Å². The first-order valence-electron chi connectivity index (χ1n) is 11.6. The molecular weight excluding hydrogens is 446 g/mol. The number of anilines is 1. The van der Waals surface area contributed by atoms with Gasteiger partial charge >= 0.3 is 0 Å². The van der Waals surface area contributed by atoms with Crippen LogP contribution in [0.1, 0.15) is 32.3 Å². The highest BCUT2D eigenvalue weighted by Gasteiger charge is 2.24. The van der Waals surface area contributed by atoms with Crippen molar-refractivity contribution in [2.75, 3.05) is 18.0 Å². The fourth-order valence-electron chi connectivity index (χ4n) is 4.53. The van der Waals surface area contributed by atoms with Gasteiger partial charge in [-0.05, 0) is 49.6 Å². The van der Waals surface area contributed by atoms with Gasteiger partial charge in [-0.2, -0.15) is 0 Å². The zero-order chi connectivity index (χ0) is 25.1. The molecule has 0 bridgehead atoms. The number of nitrogens with zero attached hydrogens (tertiary/aromatic N) is 3. The summed E-state index contributed by atoms with van der Waals surface area (Å²) in [5.74, 6) is -0.826. The average Bonchev–Trinajstić information content (AvgIpc) is 3.38. The molecule has 2 aromatic heterocycles. The van der Waals surface area contributed by atoms with Crippen LogP contribution < -0.4 is 16.2 Å². The Morgan fingerprint density at radius 2 is 1.91 bits per heavy atom. The molecule has 0 aliphatic carbocycles. The summed E-state index contributed by atoms with van der Waals surface area (Å²) in [5, 5.41) is 8.43. The molecule has 0 fully saturated rings. The number of aliphatic carboxylic acids is 1. The Balaban J connectivity index is 0.000000672. The van der Waals surface area contributed by atoms with Gasteiger partial charge in [-0.25, -0.2) is 4.98 Å². The maximum absolute atomic E-state index is 13.0. The number of para-hydroxylation sites is 1. The smallest absolute Gasteiger partial charge is 0.300 e. The van der Waals surface area contributed by atoms with Crippen molar-refractivity contribution in [3.05, 3.63) is 58.5 Å². The molecule has 9 nitrogen and oxygen atoms in total. The highest BCUT2D eigenvalue weighted by atomic mass is 16.4. The second kappa shape index (κ2) is 10.1. The number of aromatic nitrogens is 3. The van der Waals surface area contributed by atoms with E-state index in [1.807, 2.05) is 36.5 Å². The largest absolute Gasteiger partial charge is 0.481 e. The van der Waals surface area contributed by atoms with Gasteiger partial charge < -0.3 is 25.3 Å². The number of nitrogens with two attached hydrogens (primary N) is 1. The third-order valence-corrected chi connectivity index (χ3v) is 6.06. The van der Waals surface area contributed by atoms with Crippen molar-refractivity contribution in [1.82, 2.24) is 14.5 Å². The zero-order valence-electron chi connectivity index (χ0n) is 19.9. The second-order valence-corrected chi connectivity index (χ2v) is 8.60. The summed E-state index contributed by atoms with van der Waals surface area (Å²) in [7, 11) is 0. The average molecular weight is 476 g/mol. The first-order chi connectivity index (χ1) is 16.8. The minimum atomic E-state index is -0.833. The molecule has 2 aromatic carbocycles. The Morgan fingerprint density at radius 1 is 1.17 bits per heavy atom. The number of amides is 1. The quantitative estimate of drug-likeness (QED) is 0.379. The summed E-state index contributed by atoms with van der Waals surface area (Å²) in [6, 6.07) is 12.0. The third kappa shape index (κ3) is 4.95. The number of aryl methyl sites for hydroxylation is 1. The van der Waals surface area contributed by atoms with Gasteiger partial charge in [0.25, 0.3) is 11.5 Å². The van der Waals surface area contributed by atoms with Crippen molar-refractivity contribution in [3.63, 3.8) is 0 Å². The Morgan fingerprint density at radius 3 is 2.63 bits per heavy atom. The lowest BCUT2D eigenvalue weighted by atomic mass is 10.1. The van der Waals surface area contributed by atoms with E-state index in [1.54, 1.807) is 11.8 Å². The van der Waals surface area contributed by atoms with E-state index < -0.39 is 5.97 Å². The number of hydrogen-bond donors (Lipinski definition) is 3. The first-order valence-corrected chi connectivity index (χ1v) is 11.6. The van der Waals surface area contributed by atoms with Crippen LogP contribution in [-0.2, 0) is 22.6 Å². The van der Waals surface area contributed by atoms with Crippen molar-refractivity contribution in [3.8, 4) is 11.3 Å². The van der Waals surface area contributed by atoms with Crippen molar-refractivity contribution >= 4 is 39.5 Å². The van der Waals surface area contributed by atoms with E-state index in [0.29, 0.717) is 24.3 Å². The molecule has 0 atom stereocenters. The fourth-order valence-corrected chi connectivity index (χ4v) is 4.53. The molecule has 0 radical (unpaired) electrons. The van der Waals surface area contributed by atoms with Crippen LogP contribution in [0.3, 0.4) is 0 Å². The Hall–Kier alpha value is -3.98. The van der Waals surface area contributed by atoms with Crippen molar-refractivity contribution < 1.29 is 14.7 Å². The second-order valence-electron chi connectivity index (χ2n) is 8.60. The normalized spacial score (nSPS) is 12.5. The number of rotatable bonds is 5. The molecule has 0 unspecified atom stereocenters. The molecule has 182 valence electrons. The number of nitrogens with one attached hydrogen (secondary N) is 1. The molecule has 4 N–H and O–H groups in total. The van der Waals surface area contributed by atoms with Crippen molar-refractivity contribution in [1.29, 1.82) is 0 Å². The molecule has 0 saturated heterocycles. The predicted molar refractivity (Wildman–Crippen MR) is 137 cm³/mol. The van der Waals surface area contributed by atoms with Crippen LogP contribution in [-0.4, -0.2) is 44.6 Å². The number of benzene rings is 2. The number of carboxylic acids is 1. The van der Waals surface area contributed by atoms with Gasteiger partial charge in [-0.15, -0.1) is 0 Å². The van der Waals surface area contributed by atoms with Crippen LogP contribution in [0.4, 0.5) is 5.69 Å². The van der Waals surface area contributed by atoms with Gasteiger partial charge in [0.2, 0.25) is 5.91 Å². The topological polar surface area (TPSA) is 134 Å². The first kappa shape index (κ1) is 24.2. The summed E-state index contributed by atoms with van der Waals surface area (Å²) in [6.45, 7) is 4.82. The number of H-pyrrole nitrogens is 1. The molecule has 4 aromatic rings. The Kier molecular flexibility index (Phi) is 6.97. The molecule has 1 aliphatic heterocycles. The maximum atomic E-state index is 13.0. The van der Waals surface area contributed by atoms with E-state index in [4.69, 9.17) is 20.6 Å². The summed E-state index contributed by atoms with van der Waals surface area (Å²) in [4.78, 5) is 43.4. The number of carboxylic acid groups (broad SMARTS) is 1.